The minimum absolute atomic E-state index is 0.0393. The van der Waals surface area contributed by atoms with E-state index >= 15 is 0 Å². The molecule has 2 aromatic carbocycles. The van der Waals surface area contributed by atoms with Crippen LogP contribution in [0.25, 0.3) is 6.08 Å². The maximum atomic E-state index is 13.1. The molecule has 2 saturated heterocycles. The molecule has 0 spiro atoms. The van der Waals surface area contributed by atoms with E-state index in [0.717, 1.165) is 54.6 Å². The third-order valence-corrected chi connectivity index (χ3v) is 7.04. The van der Waals surface area contributed by atoms with Crippen LogP contribution in [0.5, 0.6) is 5.75 Å². The van der Waals surface area contributed by atoms with Crippen molar-refractivity contribution in [2.75, 3.05) is 44.4 Å². The van der Waals surface area contributed by atoms with E-state index in [9.17, 15) is 4.79 Å². The van der Waals surface area contributed by atoms with E-state index < -0.39 is 0 Å². The summed E-state index contributed by atoms with van der Waals surface area (Å²) in [6, 6.07) is 15.7. The minimum atomic E-state index is -0.0393. The maximum Gasteiger partial charge on any atom is 0.267 e. The molecule has 0 saturated carbocycles. The van der Waals surface area contributed by atoms with Crippen LogP contribution >= 0.6 is 35.6 Å². The number of benzene rings is 2. The van der Waals surface area contributed by atoms with Crippen molar-refractivity contribution in [1.82, 2.24) is 9.80 Å². The highest BCUT2D eigenvalue weighted by Crippen LogP contribution is 2.34. The highest BCUT2D eigenvalue weighted by atomic mass is 35.5. The molecule has 0 unspecified atom stereocenters. The van der Waals surface area contributed by atoms with E-state index in [-0.39, 0.29) is 5.91 Å². The Balaban J connectivity index is 1.38. The van der Waals surface area contributed by atoms with Crippen LogP contribution < -0.4 is 9.64 Å². The lowest BCUT2D eigenvalue weighted by Gasteiger charge is -2.37. The van der Waals surface area contributed by atoms with Gasteiger partial charge in [-0.3, -0.25) is 14.6 Å². The van der Waals surface area contributed by atoms with Gasteiger partial charge in [0.1, 0.15) is 10.1 Å². The fraction of sp³-hybridized carbons (Fsp3) is 0.333. The Morgan fingerprint density at radius 3 is 2.66 bits per heavy atom. The van der Waals surface area contributed by atoms with E-state index in [1.165, 1.54) is 11.8 Å². The predicted octanol–water partition coefficient (Wildman–Crippen LogP) is 5.11. The quantitative estimate of drug-likeness (QED) is 0.399. The van der Waals surface area contributed by atoms with Gasteiger partial charge < -0.3 is 9.64 Å². The van der Waals surface area contributed by atoms with Gasteiger partial charge in [-0.05, 0) is 36.8 Å². The zero-order chi connectivity index (χ0) is 22.5. The number of amides is 1. The molecule has 168 valence electrons. The number of halogens is 1. The summed E-state index contributed by atoms with van der Waals surface area (Å²) in [5.41, 5.74) is 2.03. The Morgan fingerprint density at radius 2 is 1.91 bits per heavy atom. The van der Waals surface area contributed by atoms with Gasteiger partial charge in [-0.2, -0.15) is 0 Å². The summed E-state index contributed by atoms with van der Waals surface area (Å²) in [5, 5.41) is 0.746. The average Bonchev–Trinajstić information content (AvgIpc) is 3.06. The molecule has 0 aliphatic carbocycles. The van der Waals surface area contributed by atoms with E-state index in [4.69, 9.17) is 28.6 Å². The second-order valence-corrected chi connectivity index (χ2v) is 9.83. The molecule has 2 heterocycles. The molecule has 8 heteroatoms. The average molecular weight is 488 g/mol. The summed E-state index contributed by atoms with van der Waals surface area (Å²) in [4.78, 5) is 20.0. The zero-order valence-electron chi connectivity index (χ0n) is 18.0. The topological polar surface area (TPSA) is 36.0 Å². The minimum Gasteiger partial charge on any atom is -0.493 e. The lowest BCUT2D eigenvalue weighted by molar-refractivity contribution is -0.123. The largest absolute Gasteiger partial charge is 0.493 e. The third kappa shape index (κ3) is 5.46. The standard InChI is InChI=1S/C24H26ClN3O2S2/c1-2-14-30-21-9-4-3-6-18(21)15-22-23(29)28(24(31)32-22)17-26-10-12-27(13-11-26)20-8-5-7-19(25)16-20/h3-9,15-16H,2,10-14,17H2,1H3/b22-15+. The Labute approximate surface area is 204 Å². The first-order chi connectivity index (χ1) is 15.5. The summed E-state index contributed by atoms with van der Waals surface area (Å²) in [6.45, 7) is 6.71. The fourth-order valence-electron chi connectivity index (χ4n) is 3.73. The molecule has 2 fully saturated rings. The van der Waals surface area contributed by atoms with Crippen molar-refractivity contribution in [3.05, 3.63) is 64.0 Å². The van der Waals surface area contributed by atoms with Crippen LogP contribution in [-0.4, -0.2) is 59.5 Å². The van der Waals surface area contributed by atoms with E-state index in [1.807, 2.05) is 48.5 Å². The van der Waals surface area contributed by atoms with Gasteiger partial charge in [0, 0.05) is 42.5 Å². The van der Waals surface area contributed by atoms with Gasteiger partial charge in [0.2, 0.25) is 0 Å². The summed E-state index contributed by atoms with van der Waals surface area (Å²) in [7, 11) is 0. The van der Waals surface area contributed by atoms with Crippen LogP contribution in [0.1, 0.15) is 18.9 Å². The van der Waals surface area contributed by atoms with Crippen molar-refractivity contribution in [3.63, 3.8) is 0 Å². The number of thiocarbonyl (C=S) groups is 1. The van der Waals surface area contributed by atoms with Crippen LogP contribution in [0.3, 0.4) is 0 Å². The molecule has 0 aromatic heterocycles. The number of para-hydroxylation sites is 1. The number of piperazine rings is 1. The second-order valence-electron chi connectivity index (χ2n) is 7.72. The first kappa shape index (κ1) is 23.1. The Morgan fingerprint density at radius 1 is 1.12 bits per heavy atom. The molecular weight excluding hydrogens is 462 g/mol. The molecule has 4 rings (SSSR count). The molecule has 0 radical (unpaired) electrons. The number of anilines is 1. The summed E-state index contributed by atoms with van der Waals surface area (Å²) in [6.07, 6.45) is 2.82. The molecule has 5 nitrogen and oxygen atoms in total. The van der Waals surface area contributed by atoms with E-state index in [0.29, 0.717) is 22.5 Å². The van der Waals surface area contributed by atoms with Gasteiger partial charge in [0.25, 0.3) is 5.91 Å². The highest BCUT2D eigenvalue weighted by Gasteiger charge is 2.34. The normalized spacial score (nSPS) is 18.6. The number of rotatable bonds is 7. The fourth-order valence-corrected chi connectivity index (χ4v) is 5.14. The zero-order valence-corrected chi connectivity index (χ0v) is 20.4. The van der Waals surface area contributed by atoms with Gasteiger partial charge in [-0.25, -0.2) is 0 Å². The van der Waals surface area contributed by atoms with Crippen molar-refractivity contribution < 1.29 is 9.53 Å². The van der Waals surface area contributed by atoms with Crippen molar-refractivity contribution in [2.24, 2.45) is 0 Å². The number of hydrogen-bond donors (Lipinski definition) is 0. The van der Waals surface area contributed by atoms with Crippen molar-refractivity contribution >= 4 is 57.6 Å². The SMILES string of the molecule is CCCOc1ccccc1/C=C1/SC(=S)N(CN2CCN(c3cccc(Cl)c3)CC2)C1=O. The molecule has 0 N–H and O–H groups in total. The molecule has 2 aliphatic rings. The van der Waals surface area contributed by atoms with Gasteiger partial charge in [0.15, 0.2) is 0 Å². The Kier molecular flexibility index (Phi) is 7.73. The van der Waals surface area contributed by atoms with Crippen molar-refractivity contribution in [2.45, 2.75) is 13.3 Å². The van der Waals surface area contributed by atoms with Crippen LogP contribution in [0.2, 0.25) is 5.02 Å². The Bertz CT molecular complexity index is 1020. The molecule has 32 heavy (non-hydrogen) atoms. The number of ether oxygens (including phenoxy) is 1. The summed E-state index contributed by atoms with van der Waals surface area (Å²) < 4.78 is 6.43. The summed E-state index contributed by atoms with van der Waals surface area (Å²) >= 11 is 13.0. The number of carbonyl (C=O) groups is 1. The predicted molar refractivity (Wildman–Crippen MR) is 137 cm³/mol. The first-order valence-corrected chi connectivity index (χ1v) is 12.4. The molecule has 0 bridgehead atoms. The number of hydrogen-bond acceptors (Lipinski definition) is 6. The number of nitrogens with zero attached hydrogens (tertiary/aromatic N) is 3. The van der Waals surface area contributed by atoms with Crippen LogP contribution in [0.15, 0.2) is 53.4 Å². The lowest BCUT2D eigenvalue weighted by Crippen LogP contribution is -2.50. The third-order valence-electron chi connectivity index (χ3n) is 5.43. The van der Waals surface area contributed by atoms with Gasteiger partial charge in [-0.15, -0.1) is 0 Å². The van der Waals surface area contributed by atoms with Crippen LogP contribution in [-0.2, 0) is 4.79 Å². The van der Waals surface area contributed by atoms with Gasteiger partial charge in [-0.1, -0.05) is 66.8 Å². The first-order valence-electron chi connectivity index (χ1n) is 10.7. The monoisotopic (exact) mass is 487 g/mol. The number of thioether (sulfide) groups is 1. The van der Waals surface area contributed by atoms with Crippen LogP contribution in [0.4, 0.5) is 5.69 Å². The highest BCUT2D eigenvalue weighted by molar-refractivity contribution is 8.26. The van der Waals surface area contributed by atoms with E-state index in [2.05, 4.69) is 22.8 Å². The lowest BCUT2D eigenvalue weighted by atomic mass is 10.2. The molecule has 1 amide bonds. The van der Waals surface area contributed by atoms with Crippen molar-refractivity contribution in [1.29, 1.82) is 0 Å². The summed E-state index contributed by atoms with van der Waals surface area (Å²) in [5.74, 6) is 0.749. The molecular formula is C24H26ClN3O2S2. The van der Waals surface area contributed by atoms with Gasteiger partial charge >= 0.3 is 0 Å². The molecule has 2 aromatic rings. The second kappa shape index (κ2) is 10.7. The van der Waals surface area contributed by atoms with Gasteiger partial charge in [0.05, 0.1) is 18.2 Å². The Hall–Kier alpha value is -2.06. The van der Waals surface area contributed by atoms with Crippen molar-refractivity contribution in [3.8, 4) is 5.75 Å². The molecule has 2 aliphatic heterocycles. The smallest absolute Gasteiger partial charge is 0.267 e. The molecule has 0 atom stereocenters. The van der Waals surface area contributed by atoms with E-state index in [1.54, 1.807) is 4.90 Å². The van der Waals surface area contributed by atoms with Crippen LogP contribution in [0, 0.1) is 0 Å². The number of carbonyl (C=O) groups excluding carboxylic acids is 1. The maximum absolute atomic E-state index is 13.1.